The molecule has 0 unspecified atom stereocenters. The second-order valence-electron chi connectivity index (χ2n) is 4.33. The summed E-state index contributed by atoms with van der Waals surface area (Å²) in [4.78, 5) is 29.0. The molecule has 2 rings (SSSR count). The fourth-order valence-corrected chi connectivity index (χ4v) is 1.90. The highest BCUT2D eigenvalue weighted by Crippen LogP contribution is 1.95. The van der Waals surface area contributed by atoms with Gasteiger partial charge in [0.25, 0.3) is 0 Å². The molecule has 1 aromatic heterocycles. The van der Waals surface area contributed by atoms with E-state index in [1.807, 2.05) is 0 Å². The summed E-state index contributed by atoms with van der Waals surface area (Å²) in [5, 5.41) is 12.2. The quantitative estimate of drug-likeness (QED) is 0.444. The summed E-state index contributed by atoms with van der Waals surface area (Å²) < 4.78 is 0. The van der Waals surface area contributed by atoms with Crippen molar-refractivity contribution in [2.45, 2.75) is 12.8 Å². The van der Waals surface area contributed by atoms with Crippen LogP contribution in [0.1, 0.15) is 12.2 Å². The highest BCUT2D eigenvalue weighted by molar-refractivity contribution is 6.35. The predicted octanol–water partition coefficient (Wildman–Crippen LogP) is -1.71. The summed E-state index contributed by atoms with van der Waals surface area (Å²) in [5.41, 5.74) is 0. The number of carbonyl (C=O) groups is 2. The van der Waals surface area contributed by atoms with E-state index in [-0.39, 0.29) is 0 Å². The Labute approximate surface area is 111 Å². The maximum absolute atomic E-state index is 11.8. The van der Waals surface area contributed by atoms with Gasteiger partial charge in [-0.15, -0.1) is 0 Å². The van der Waals surface area contributed by atoms with Gasteiger partial charge in [0.15, 0.2) is 0 Å². The molecule has 0 atom stereocenters. The van der Waals surface area contributed by atoms with Crippen molar-refractivity contribution in [1.82, 2.24) is 30.7 Å². The third kappa shape index (κ3) is 4.02. The highest BCUT2D eigenvalue weighted by atomic mass is 16.2. The molecule has 1 saturated heterocycles. The second-order valence-corrected chi connectivity index (χ2v) is 4.33. The van der Waals surface area contributed by atoms with Gasteiger partial charge in [-0.1, -0.05) is 0 Å². The zero-order chi connectivity index (χ0) is 13.5. The molecule has 1 aromatic rings. The largest absolute Gasteiger partial charge is 0.348 e. The number of nitrogens with one attached hydrogen (secondary N) is 3. The number of aromatic amines is 1. The molecule has 3 N–H and O–H groups in total. The summed E-state index contributed by atoms with van der Waals surface area (Å²) >= 11 is 0. The Morgan fingerprint density at radius 2 is 2.16 bits per heavy atom. The van der Waals surface area contributed by atoms with E-state index in [1.54, 1.807) is 4.90 Å². The average molecular weight is 266 g/mol. The highest BCUT2D eigenvalue weighted by Gasteiger charge is 2.22. The molecule has 1 aliphatic heterocycles. The first-order chi connectivity index (χ1) is 9.27. The second kappa shape index (κ2) is 6.83. The summed E-state index contributed by atoms with van der Waals surface area (Å²) in [6, 6.07) is 0. The van der Waals surface area contributed by atoms with Crippen molar-refractivity contribution in [3.05, 3.63) is 12.2 Å². The summed E-state index contributed by atoms with van der Waals surface area (Å²) in [5.74, 6) is -0.191. The van der Waals surface area contributed by atoms with Gasteiger partial charge in [-0.25, -0.2) is 4.98 Å². The van der Waals surface area contributed by atoms with Gasteiger partial charge >= 0.3 is 11.8 Å². The van der Waals surface area contributed by atoms with Crippen molar-refractivity contribution in [3.8, 4) is 0 Å². The minimum absolute atomic E-state index is 0.443. The van der Waals surface area contributed by atoms with E-state index in [9.17, 15) is 9.59 Å². The Morgan fingerprint density at radius 3 is 2.84 bits per heavy atom. The van der Waals surface area contributed by atoms with Crippen molar-refractivity contribution in [2.75, 3.05) is 32.7 Å². The number of aromatic nitrogens is 3. The zero-order valence-electron chi connectivity index (χ0n) is 10.7. The molecule has 0 aromatic carbocycles. The minimum Gasteiger partial charge on any atom is -0.348 e. The van der Waals surface area contributed by atoms with Crippen LogP contribution < -0.4 is 10.6 Å². The summed E-state index contributed by atoms with van der Waals surface area (Å²) in [6.07, 6.45) is 2.86. The van der Waals surface area contributed by atoms with Crippen molar-refractivity contribution in [3.63, 3.8) is 0 Å². The number of hydrogen-bond donors (Lipinski definition) is 3. The first kappa shape index (κ1) is 13.5. The third-order valence-electron chi connectivity index (χ3n) is 2.94. The summed E-state index contributed by atoms with van der Waals surface area (Å²) in [7, 11) is 0. The van der Waals surface area contributed by atoms with Crippen molar-refractivity contribution in [1.29, 1.82) is 0 Å². The zero-order valence-corrected chi connectivity index (χ0v) is 10.7. The van der Waals surface area contributed by atoms with Gasteiger partial charge in [-0.2, -0.15) is 5.10 Å². The molecule has 19 heavy (non-hydrogen) atoms. The molecule has 1 aliphatic rings. The molecule has 1 fully saturated rings. The van der Waals surface area contributed by atoms with Crippen LogP contribution in [0.25, 0.3) is 0 Å². The van der Waals surface area contributed by atoms with Crippen LogP contribution in [-0.4, -0.2) is 64.6 Å². The van der Waals surface area contributed by atoms with Crippen LogP contribution in [0.15, 0.2) is 6.33 Å². The Bertz CT molecular complexity index is 413. The molecule has 0 radical (unpaired) electrons. The van der Waals surface area contributed by atoms with Gasteiger partial charge in [-0.05, 0) is 6.42 Å². The van der Waals surface area contributed by atoms with E-state index in [0.717, 1.165) is 25.3 Å². The molecule has 0 aliphatic carbocycles. The van der Waals surface area contributed by atoms with Crippen LogP contribution in [0.3, 0.4) is 0 Å². The molecule has 0 bridgehead atoms. The van der Waals surface area contributed by atoms with Crippen LogP contribution in [0.5, 0.6) is 0 Å². The number of carbonyl (C=O) groups excluding carboxylic acids is 2. The van der Waals surface area contributed by atoms with Crippen molar-refractivity contribution < 1.29 is 9.59 Å². The lowest BCUT2D eigenvalue weighted by Crippen LogP contribution is -2.51. The molecule has 0 saturated carbocycles. The molecule has 104 valence electrons. The van der Waals surface area contributed by atoms with E-state index in [0.29, 0.717) is 26.1 Å². The number of hydrogen-bond acceptors (Lipinski definition) is 5. The van der Waals surface area contributed by atoms with Crippen LogP contribution >= 0.6 is 0 Å². The Morgan fingerprint density at radius 1 is 1.37 bits per heavy atom. The maximum atomic E-state index is 11.8. The van der Waals surface area contributed by atoms with E-state index in [1.165, 1.54) is 6.33 Å². The molecular formula is C11H18N6O2. The average Bonchev–Trinajstić information content (AvgIpc) is 2.96. The van der Waals surface area contributed by atoms with Gasteiger partial charge in [0.1, 0.15) is 12.2 Å². The van der Waals surface area contributed by atoms with Crippen LogP contribution in [-0.2, 0) is 16.0 Å². The smallest absolute Gasteiger partial charge is 0.311 e. The fraction of sp³-hybridized carbons (Fsp3) is 0.636. The fourth-order valence-electron chi connectivity index (χ4n) is 1.90. The Hall–Kier alpha value is -1.96. The SMILES string of the molecule is O=C(NCCCc1ncn[nH]1)C(=O)N1CCNCC1. The minimum atomic E-state index is -0.528. The van der Waals surface area contributed by atoms with Crippen molar-refractivity contribution >= 4 is 11.8 Å². The van der Waals surface area contributed by atoms with E-state index in [4.69, 9.17) is 0 Å². The molecule has 2 amide bonds. The predicted molar refractivity (Wildman–Crippen MR) is 67.2 cm³/mol. The first-order valence-corrected chi connectivity index (χ1v) is 6.39. The number of nitrogens with zero attached hydrogens (tertiary/aromatic N) is 3. The van der Waals surface area contributed by atoms with Gasteiger partial charge in [0.2, 0.25) is 0 Å². The molecular weight excluding hydrogens is 248 g/mol. The van der Waals surface area contributed by atoms with Crippen LogP contribution in [0.4, 0.5) is 0 Å². The first-order valence-electron chi connectivity index (χ1n) is 6.39. The van der Waals surface area contributed by atoms with E-state index < -0.39 is 11.8 Å². The number of amides is 2. The van der Waals surface area contributed by atoms with Gasteiger partial charge in [-0.3, -0.25) is 14.7 Å². The van der Waals surface area contributed by atoms with E-state index in [2.05, 4.69) is 25.8 Å². The lowest BCUT2D eigenvalue weighted by molar-refractivity contribution is -0.146. The standard InChI is InChI=1S/C11H18N6O2/c18-10(11(19)17-6-4-12-5-7-17)13-3-1-2-9-14-8-15-16-9/h8,12H,1-7H2,(H,13,18)(H,14,15,16). The monoisotopic (exact) mass is 266 g/mol. The van der Waals surface area contributed by atoms with E-state index >= 15 is 0 Å². The van der Waals surface area contributed by atoms with Crippen LogP contribution in [0.2, 0.25) is 0 Å². The van der Waals surface area contributed by atoms with Crippen molar-refractivity contribution in [2.24, 2.45) is 0 Å². The molecule has 2 heterocycles. The molecule has 8 heteroatoms. The lowest BCUT2D eigenvalue weighted by Gasteiger charge is -2.26. The van der Waals surface area contributed by atoms with Gasteiger partial charge in [0, 0.05) is 39.1 Å². The summed E-state index contributed by atoms with van der Waals surface area (Å²) in [6.45, 7) is 3.11. The Kier molecular flexibility index (Phi) is 4.85. The van der Waals surface area contributed by atoms with Gasteiger partial charge < -0.3 is 15.5 Å². The maximum Gasteiger partial charge on any atom is 0.311 e. The third-order valence-corrected chi connectivity index (χ3v) is 2.94. The number of piperazine rings is 1. The number of H-pyrrole nitrogens is 1. The lowest BCUT2D eigenvalue weighted by atomic mass is 10.3. The Balaban J connectivity index is 1.64. The normalized spacial score (nSPS) is 15.3. The van der Waals surface area contributed by atoms with Gasteiger partial charge in [0.05, 0.1) is 0 Å². The number of aryl methyl sites for hydroxylation is 1. The topological polar surface area (TPSA) is 103 Å². The van der Waals surface area contributed by atoms with Crippen LogP contribution in [0, 0.1) is 0 Å². The molecule has 0 spiro atoms. The number of rotatable bonds is 4. The molecule has 8 nitrogen and oxygen atoms in total.